The number of hydrogen-bond donors (Lipinski definition) is 5. The number of hydrogen-bond acceptors (Lipinski definition) is 5. The van der Waals surface area contributed by atoms with E-state index in [-0.39, 0.29) is 0 Å². The van der Waals surface area contributed by atoms with E-state index >= 15 is 0 Å². The predicted octanol–water partition coefficient (Wildman–Crippen LogP) is 12.0. The van der Waals surface area contributed by atoms with Crippen molar-refractivity contribution in [3.05, 3.63) is 0 Å². The van der Waals surface area contributed by atoms with Crippen molar-refractivity contribution in [2.24, 2.45) is 0 Å². The van der Waals surface area contributed by atoms with Crippen LogP contribution >= 0.6 is 0 Å². The monoisotopic (exact) mass is 726 g/mol. The summed E-state index contributed by atoms with van der Waals surface area (Å²) in [6.45, 7) is 4.06. The molecule has 0 spiro atoms. The van der Waals surface area contributed by atoms with Gasteiger partial charge >= 0.3 is 0 Å². The highest BCUT2D eigenvalue weighted by Gasteiger charge is 2.28. The fraction of sp³-hybridized carbons (Fsp3) is 0.978. The van der Waals surface area contributed by atoms with Crippen LogP contribution in [0.25, 0.3) is 0 Å². The van der Waals surface area contributed by atoms with E-state index < -0.39 is 36.9 Å². The Morgan fingerprint density at radius 1 is 0.412 bits per heavy atom. The molecule has 4 unspecified atom stereocenters. The Morgan fingerprint density at radius 2 is 0.667 bits per heavy atom. The second-order valence-electron chi connectivity index (χ2n) is 16.1. The molecular formula is C45H91NO5. The van der Waals surface area contributed by atoms with Crippen LogP contribution in [0.5, 0.6) is 0 Å². The number of aliphatic hydroxyl groups is 4. The van der Waals surface area contributed by atoms with E-state index in [1.54, 1.807) is 0 Å². The summed E-state index contributed by atoms with van der Waals surface area (Å²) in [5.41, 5.74) is 0. The number of rotatable bonds is 42. The first-order valence-electron chi connectivity index (χ1n) is 22.9. The third-order valence-electron chi connectivity index (χ3n) is 11.1. The van der Waals surface area contributed by atoms with Crippen LogP contribution in [0.2, 0.25) is 0 Å². The first kappa shape index (κ1) is 50.3. The molecule has 0 aromatic heterocycles. The zero-order valence-corrected chi connectivity index (χ0v) is 34.4. The van der Waals surface area contributed by atoms with Gasteiger partial charge < -0.3 is 25.7 Å². The Bertz CT molecular complexity index is 692. The SMILES string of the molecule is CCCCCCCCCCCCCCCCCCCCCCCCC(O)C(=O)NC(CO)C(O)C(O)CCCCCCCCCCCCCCC. The minimum atomic E-state index is -1.25. The molecule has 0 aliphatic heterocycles. The maximum absolute atomic E-state index is 12.5. The first-order valence-corrected chi connectivity index (χ1v) is 22.9. The summed E-state index contributed by atoms with van der Waals surface area (Å²) in [5.74, 6) is -0.579. The Kier molecular flexibility index (Phi) is 39.9. The lowest BCUT2D eigenvalue weighted by Crippen LogP contribution is -2.53. The van der Waals surface area contributed by atoms with E-state index in [1.807, 2.05) is 0 Å². The van der Waals surface area contributed by atoms with Gasteiger partial charge in [0.2, 0.25) is 5.91 Å². The molecule has 0 aromatic rings. The van der Waals surface area contributed by atoms with E-state index in [2.05, 4.69) is 19.2 Å². The molecular weight excluding hydrogens is 634 g/mol. The number of carbonyl (C=O) groups is 1. The van der Waals surface area contributed by atoms with Crippen LogP contribution < -0.4 is 5.32 Å². The summed E-state index contributed by atoms with van der Waals surface area (Å²) in [6.07, 6.45) is 42.8. The van der Waals surface area contributed by atoms with Crippen molar-refractivity contribution < 1.29 is 25.2 Å². The van der Waals surface area contributed by atoms with Gasteiger partial charge in [0.05, 0.1) is 18.8 Å². The lowest BCUT2D eigenvalue weighted by Gasteiger charge is -2.27. The summed E-state index contributed by atoms with van der Waals surface area (Å²) in [6, 6.07) is -0.978. The normalized spacial score (nSPS) is 14.1. The van der Waals surface area contributed by atoms with Gasteiger partial charge in [0.15, 0.2) is 0 Å². The largest absolute Gasteiger partial charge is 0.394 e. The van der Waals surface area contributed by atoms with Gasteiger partial charge in [-0.1, -0.05) is 239 Å². The molecule has 0 bridgehead atoms. The van der Waals surface area contributed by atoms with Crippen LogP contribution in [0.3, 0.4) is 0 Å². The molecule has 0 fully saturated rings. The van der Waals surface area contributed by atoms with Crippen LogP contribution in [0.4, 0.5) is 0 Å². The Labute approximate surface area is 318 Å². The van der Waals surface area contributed by atoms with Crippen molar-refractivity contribution in [2.75, 3.05) is 6.61 Å². The van der Waals surface area contributed by atoms with E-state index in [4.69, 9.17) is 0 Å². The fourth-order valence-electron chi connectivity index (χ4n) is 7.41. The third kappa shape index (κ3) is 34.8. The van der Waals surface area contributed by atoms with Gasteiger partial charge in [-0.15, -0.1) is 0 Å². The van der Waals surface area contributed by atoms with Crippen molar-refractivity contribution >= 4 is 5.91 Å². The minimum Gasteiger partial charge on any atom is -0.394 e. The summed E-state index contributed by atoms with van der Waals surface area (Å²) < 4.78 is 0. The zero-order valence-electron chi connectivity index (χ0n) is 34.4. The Balaban J connectivity index is 3.65. The van der Waals surface area contributed by atoms with E-state index in [9.17, 15) is 25.2 Å². The van der Waals surface area contributed by atoms with Gasteiger partial charge in [0, 0.05) is 0 Å². The van der Waals surface area contributed by atoms with Crippen LogP contribution in [0, 0.1) is 0 Å². The van der Waals surface area contributed by atoms with Crippen molar-refractivity contribution in [1.82, 2.24) is 5.32 Å². The topological polar surface area (TPSA) is 110 Å². The second kappa shape index (κ2) is 40.5. The zero-order chi connectivity index (χ0) is 37.5. The molecule has 0 saturated heterocycles. The van der Waals surface area contributed by atoms with E-state index in [0.717, 1.165) is 38.5 Å². The third-order valence-corrected chi connectivity index (χ3v) is 11.1. The van der Waals surface area contributed by atoms with E-state index in [1.165, 1.54) is 186 Å². The van der Waals surface area contributed by atoms with Gasteiger partial charge in [-0.25, -0.2) is 0 Å². The molecule has 6 heteroatoms. The number of aliphatic hydroxyl groups excluding tert-OH is 4. The minimum absolute atomic E-state index is 0.376. The predicted molar refractivity (Wildman–Crippen MR) is 219 cm³/mol. The molecule has 0 aliphatic carbocycles. The molecule has 306 valence electrons. The quantitative estimate of drug-likeness (QED) is 0.0402. The summed E-state index contributed by atoms with van der Waals surface area (Å²) in [7, 11) is 0. The molecule has 4 atom stereocenters. The van der Waals surface area contributed by atoms with Crippen molar-refractivity contribution in [1.29, 1.82) is 0 Å². The summed E-state index contributed by atoms with van der Waals surface area (Å²) in [5, 5.41) is 43.7. The van der Waals surface area contributed by atoms with Gasteiger partial charge in [-0.05, 0) is 12.8 Å². The number of nitrogens with one attached hydrogen (secondary N) is 1. The second-order valence-corrected chi connectivity index (χ2v) is 16.1. The highest BCUT2D eigenvalue weighted by atomic mass is 16.3. The Hall–Kier alpha value is -0.690. The summed E-state index contributed by atoms with van der Waals surface area (Å²) in [4.78, 5) is 12.5. The van der Waals surface area contributed by atoms with Crippen LogP contribution in [-0.4, -0.2) is 57.3 Å². The smallest absolute Gasteiger partial charge is 0.249 e. The van der Waals surface area contributed by atoms with Gasteiger partial charge in [-0.2, -0.15) is 0 Å². The molecule has 6 nitrogen and oxygen atoms in total. The first-order chi connectivity index (χ1) is 25.0. The molecule has 5 N–H and O–H groups in total. The molecule has 0 rings (SSSR count). The van der Waals surface area contributed by atoms with Gasteiger partial charge in [0.1, 0.15) is 12.2 Å². The van der Waals surface area contributed by atoms with Crippen LogP contribution in [0.1, 0.15) is 251 Å². The molecule has 1 amide bonds. The molecule has 0 aromatic carbocycles. The van der Waals surface area contributed by atoms with Crippen molar-refractivity contribution in [2.45, 2.75) is 276 Å². The maximum Gasteiger partial charge on any atom is 0.249 e. The summed E-state index contributed by atoms with van der Waals surface area (Å²) >= 11 is 0. The number of amides is 1. The van der Waals surface area contributed by atoms with Gasteiger partial charge in [-0.3, -0.25) is 4.79 Å². The number of unbranched alkanes of at least 4 members (excludes halogenated alkanes) is 33. The van der Waals surface area contributed by atoms with Crippen molar-refractivity contribution in [3.63, 3.8) is 0 Å². The van der Waals surface area contributed by atoms with E-state index in [0.29, 0.717) is 12.8 Å². The molecule has 51 heavy (non-hydrogen) atoms. The molecule has 0 saturated carbocycles. The highest BCUT2D eigenvalue weighted by Crippen LogP contribution is 2.17. The molecule has 0 radical (unpaired) electrons. The van der Waals surface area contributed by atoms with Crippen molar-refractivity contribution in [3.8, 4) is 0 Å². The van der Waals surface area contributed by atoms with Crippen LogP contribution in [-0.2, 0) is 4.79 Å². The van der Waals surface area contributed by atoms with Crippen LogP contribution in [0.15, 0.2) is 0 Å². The maximum atomic E-state index is 12.5. The lowest BCUT2D eigenvalue weighted by atomic mass is 9.99. The standard InChI is InChI=1S/C45H91NO5/c1-3-5-7-9-11-13-15-17-18-19-20-21-22-23-24-25-27-29-31-33-35-37-39-43(49)45(51)46-41(40-47)44(50)42(48)38-36-34-32-30-28-26-16-14-12-10-8-6-4-2/h41-44,47-50H,3-40H2,1-2H3,(H,46,51). The van der Waals surface area contributed by atoms with Gasteiger partial charge in [0.25, 0.3) is 0 Å². The number of carbonyl (C=O) groups excluding carboxylic acids is 1. The Morgan fingerprint density at radius 3 is 0.941 bits per heavy atom. The molecule has 0 heterocycles. The molecule has 0 aliphatic rings. The fourth-order valence-corrected chi connectivity index (χ4v) is 7.41. The highest BCUT2D eigenvalue weighted by molar-refractivity contribution is 5.80. The average molecular weight is 726 g/mol. The lowest BCUT2D eigenvalue weighted by molar-refractivity contribution is -0.132. The average Bonchev–Trinajstić information content (AvgIpc) is 3.13.